The maximum Gasteiger partial charge on any atom is 0.305 e. The van der Waals surface area contributed by atoms with Crippen molar-refractivity contribution in [3.05, 3.63) is 39.4 Å². The van der Waals surface area contributed by atoms with Crippen LogP contribution in [-0.4, -0.2) is 37.0 Å². The van der Waals surface area contributed by atoms with Crippen LogP contribution >= 0.6 is 0 Å². The monoisotopic (exact) mass is 259 g/mol. The van der Waals surface area contributed by atoms with Gasteiger partial charge in [0.25, 0.3) is 0 Å². The molecular formula is C11H15F2N3O2. The first kappa shape index (κ1) is 14.5. The van der Waals surface area contributed by atoms with Gasteiger partial charge in [-0.05, 0) is 14.1 Å². The highest BCUT2D eigenvalue weighted by atomic mass is 19.1. The van der Waals surface area contributed by atoms with Gasteiger partial charge in [0.15, 0.2) is 0 Å². The maximum atomic E-state index is 13.4. The van der Waals surface area contributed by atoms with E-state index in [0.29, 0.717) is 12.6 Å². The van der Waals surface area contributed by atoms with Crippen LogP contribution in [0.4, 0.5) is 14.5 Å². The fraction of sp³-hybridized carbons (Fsp3) is 0.455. The molecule has 0 spiro atoms. The van der Waals surface area contributed by atoms with Gasteiger partial charge in [-0.15, -0.1) is 0 Å². The number of nitrogens with one attached hydrogen (secondary N) is 1. The minimum Gasteiger partial charge on any atom is -0.311 e. The predicted octanol–water partition coefficient (Wildman–Crippen LogP) is 1.52. The van der Waals surface area contributed by atoms with Gasteiger partial charge in [-0.1, -0.05) is 0 Å². The minimum atomic E-state index is -1.16. The zero-order chi connectivity index (χ0) is 13.7. The molecule has 0 heterocycles. The number of nitro groups is 1. The van der Waals surface area contributed by atoms with Gasteiger partial charge in [-0.2, -0.15) is 4.39 Å². The lowest BCUT2D eigenvalue weighted by molar-refractivity contribution is -0.387. The Kier molecular flexibility index (Phi) is 5.11. The molecule has 100 valence electrons. The van der Waals surface area contributed by atoms with E-state index in [1.807, 2.05) is 19.0 Å². The predicted molar refractivity (Wildman–Crippen MR) is 63.3 cm³/mol. The Morgan fingerprint density at radius 3 is 2.56 bits per heavy atom. The lowest BCUT2D eigenvalue weighted by Gasteiger charge is -2.10. The third-order valence-corrected chi connectivity index (χ3v) is 2.36. The number of rotatable bonds is 6. The highest BCUT2D eigenvalue weighted by molar-refractivity contribution is 5.37. The first-order valence-corrected chi connectivity index (χ1v) is 5.39. The van der Waals surface area contributed by atoms with Crippen molar-refractivity contribution in [1.82, 2.24) is 10.2 Å². The van der Waals surface area contributed by atoms with E-state index in [2.05, 4.69) is 5.32 Å². The van der Waals surface area contributed by atoms with Crippen LogP contribution in [-0.2, 0) is 6.54 Å². The number of hydrogen-bond donors (Lipinski definition) is 1. The summed E-state index contributed by atoms with van der Waals surface area (Å²) in [5.74, 6) is -1.94. The molecule has 0 aliphatic carbocycles. The molecule has 0 saturated heterocycles. The molecule has 7 heteroatoms. The molecule has 1 rings (SSSR count). The lowest BCUT2D eigenvalue weighted by Crippen LogP contribution is -2.26. The minimum absolute atomic E-state index is 0.0851. The molecule has 1 aromatic carbocycles. The first-order valence-electron chi connectivity index (χ1n) is 5.39. The Labute approximate surface area is 104 Å². The van der Waals surface area contributed by atoms with E-state index in [9.17, 15) is 18.9 Å². The van der Waals surface area contributed by atoms with Gasteiger partial charge < -0.3 is 10.2 Å². The summed E-state index contributed by atoms with van der Waals surface area (Å²) in [6, 6.07) is 1.47. The number of benzene rings is 1. The fourth-order valence-corrected chi connectivity index (χ4v) is 1.38. The van der Waals surface area contributed by atoms with Crippen molar-refractivity contribution in [1.29, 1.82) is 0 Å². The molecular weight excluding hydrogens is 244 g/mol. The number of likely N-dealkylation sites (N-methyl/N-ethyl adjacent to an activating group) is 1. The van der Waals surface area contributed by atoms with Crippen LogP contribution in [0.3, 0.4) is 0 Å². The number of halogens is 2. The van der Waals surface area contributed by atoms with Crippen molar-refractivity contribution in [2.75, 3.05) is 27.2 Å². The van der Waals surface area contributed by atoms with Crippen LogP contribution in [0.2, 0.25) is 0 Å². The Hall–Kier alpha value is -1.60. The van der Waals surface area contributed by atoms with Crippen LogP contribution in [0.1, 0.15) is 5.56 Å². The zero-order valence-electron chi connectivity index (χ0n) is 10.2. The molecule has 18 heavy (non-hydrogen) atoms. The Morgan fingerprint density at radius 1 is 1.33 bits per heavy atom. The summed E-state index contributed by atoms with van der Waals surface area (Å²) < 4.78 is 26.4. The number of hydrogen-bond acceptors (Lipinski definition) is 4. The standard InChI is InChI=1S/C11H15F2N3O2/c1-15(2)4-3-14-7-8-5-11(16(17)18)10(13)6-9(8)12/h5-6,14H,3-4,7H2,1-2H3. The fourth-order valence-electron chi connectivity index (χ4n) is 1.38. The molecule has 0 unspecified atom stereocenters. The topological polar surface area (TPSA) is 58.4 Å². The molecule has 0 fully saturated rings. The van der Waals surface area contributed by atoms with Gasteiger partial charge >= 0.3 is 5.69 Å². The van der Waals surface area contributed by atoms with Gasteiger partial charge in [0.2, 0.25) is 5.82 Å². The van der Waals surface area contributed by atoms with Gasteiger partial charge in [0.1, 0.15) is 5.82 Å². The molecule has 0 bridgehead atoms. The molecule has 0 aliphatic rings. The molecule has 0 radical (unpaired) electrons. The van der Waals surface area contributed by atoms with Crippen molar-refractivity contribution in [3.8, 4) is 0 Å². The van der Waals surface area contributed by atoms with Crippen LogP contribution in [0, 0.1) is 21.7 Å². The average Bonchev–Trinajstić information content (AvgIpc) is 2.25. The second-order valence-corrected chi connectivity index (χ2v) is 4.13. The second-order valence-electron chi connectivity index (χ2n) is 4.13. The third-order valence-electron chi connectivity index (χ3n) is 2.36. The summed E-state index contributed by atoms with van der Waals surface area (Å²) in [5, 5.41) is 13.5. The average molecular weight is 259 g/mol. The summed E-state index contributed by atoms with van der Waals surface area (Å²) in [7, 11) is 3.79. The van der Waals surface area contributed by atoms with E-state index < -0.39 is 22.2 Å². The molecule has 0 amide bonds. The van der Waals surface area contributed by atoms with E-state index in [-0.39, 0.29) is 12.1 Å². The first-order chi connectivity index (χ1) is 8.41. The van der Waals surface area contributed by atoms with Crippen molar-refractivity contribution in [2.24, 2.45) is 0 Å². The summed E-state index contributed by atoms with van der Waals surface area (Å²) in [5.41, 5.74) is -0.623. The van der Waals surface area contributed by atoms with E-state index in [0.717, 1.165) is 12.6 Å². The number of nitrogens with zero attached hydrogens (tertiary/aromatic N) is 2. The second kappa shape index (κ2) is 6.36. The van der Waals surface area contributed by atoms with Gasteiger partial charge in [0, 0.05) is 37.3 Å². The SMILES string of the molecule is CN(C)CCNCc1cc([N+](=O)[O-])c(F)cc1F. The highest BCUT2D eigenvalue weighted by Gasteiger charge is 2.17. The third kappa shape index (κ3) is 4.01. The van der Waals surface area contributed by atoms with Crippen LogP contribution < -0.4 is 5.32 Å². The normalized spacial score (nSPS) is 10.9. The summed E-state index contributed by atoms with van der Waals surface area (Å²) >= 11 is 0. The smallest absolute Gasteiger partial charge is 0.305 e. The van der Waals surface area contributed by atoms with Gasteiger partial charge in [0.05, 0.1) is 4.92 Å². The molecule has 0 aromatic heterocycles. The molecule has 0 saturated carbocycles. The van der Waals surface area contributed by atoms with E-state index in [1.54, 1.807) is 0 Å². The Balaban J connectivity index is 2.70. The molecule has 1 aromatic rings. The van der Waals surface area contributed by atoms with Crippen molar-refractivity contribution < 1.29 is 13.7 Å². The molecule has 1 N–H and O–H groups in total. The van der Waals surface area contributed by atoms with E-state index in [4.69, 9.17) is 0 Å². The molecule has 5 nitrogen and oxygen atoms in total. The summed E-state index contributed by atoms with van der Waals surface area (Å²) in [6.07, 6.45) is 0. The quantitative estimate of drug-likeness (QED) is 0.478. The van der Waals surface area contributed by atoms with Crippen molar-refractivity contribution in [2.45, 2.75) is 6.54 Å². The van der Waals surface area contributed by atoms with E-state index in [1.165, 1.54) is 0 Å². The Morgan fingerprint density at radius 2 is 2.00 bits per heavy atom. The van der Waals surface area contributed by atoms with Crippen LogP contribution in [0.5, 0.6) is 0 Å². The summed E-state index contributed by atoms with van der Waals surface area (Å²) in [4.78, 5) is 11.6. The van der Waals surface area contributed by atoms with Gasteiger partial charge in [-0.25, -0.2) is 4.39 Å². The van der Waals surface area contributed by atoms with Crippen LogP contribution in [0.15, 0.2) is 12.1 Å². The van der Waals surface area contributed by atoms with Gasteiger partial charge in [-0.3, -0.25) is 10.1 Å². The molecule has 0 aliphatic heterocycles. The van der Waals surface area contributed by atoms with Crippen molar-refractivity contribution >= 4 is 5.69 Å². The highest BCUT2D eigenvalue weighted by Crippen LogP contribution is 2.21. The largest absolute Gasteiger partial charge is 0.311 e. The van der Waals surface area contributed by atoms with E-state index >= 15 is 0 Å². The van der Waals surface area contributed by atoms with Crippen LogP contribution in [0.25, 0.3) is 0 Å². The van der Waals surface area contributed by atoms with Crippen molar-refractivity contribution in [3.63, 3.8) is 0 Å². The molecule has 0 atom stereocenters. The summed E-state index contributed by atoms with van der Waals surface area (Å²) in [6.45, 7) is 1.49. The lowest BCUT2D eigenvalue weighted by atomic mass is 10.2. The zero-order valence-corrected chi connectivity index (χ0v) is 10.2. The number of nitro benzene ring substituents is 1. The maximum absolute atomic E-state index is 13.4. The Bertz CT molecular complexity index is 439.